The third-order valence-corrected chi connectivity index (χ3v) is 3.96. The molecule has 0 bridgehead atoms. The second-order valence-electron chi connectivity index (χ2n) is 6.26. The molecule has 1 aliphatic heterocycles. The molecule has 5 heteroatoms. The minimum absolute atomic E-state index is 0.0551. The summed E-state index contributed by atoms with van der Waals surface area (Å²) >= 11 is 5.72. The fraction of sp³-hybridized carbons (Fsp3) is 0.533. The van der Waals surface area contributed by atoms with Crippen LogP contribution >= 0.6 is 11.6 Å². The van der Waals surface area contributed by atoms with E-state index in [0.717, 1.165) is 0 Å². The van der Waals surface area contributed by atoms with Gasteiger partial charge in [-0.05, 0) is 44.9 Å². The average Bonchev–Trinajstić information content (AvgIpc) is 2.34. The number of carbonyl (C=O) groups is 1. The molecule has 0 radical (unpaired) electrons. The lowest BCUT2D eigenvalue weighted by atomic mass is 9.86. The molecule has 1 fully saturated rings. The van der Waals surface area contributed by atoms with E-state index in [1.807, 2.05) is 20.8 Å². The highest BCUT2D eigenvalue weighted by molar-refractivity contribution is 6.30. The molecule has 1 saturated heterocycles. The first-order chi connectivity index (χ1) is 9.21. The van der Waals surface area contributed by atoms with E-state index < -0.39 is 5.82 Å². The largest absolute Gasteiger partial charge is 0.329 e. The average molecular weight is 299 g/mol. The molecule has 3 nitrogen and oxygen atoms in total. The summed E-state index contributed by atoms with van der Waals surface area (Å²) in [5.74, 6) is -0.428. The van der Waals surface area contributed by atoms with Crippen LogP contribution in [0, 0.1) is 5.82 Å². The number of hydrogen-bond acceptors (Lipinski definition) is 2. The molecule has 1 amide bonds. The third-order valence-electron chi connectivity index (χ3n) is 3.65. The Kier molecular flexibility index (Phi) is 4.07. The van der Waals surface area contributed by atoms with Crippen LogP contribution in [0.5, 0.6) is 0 Å². The summed E-state index contributed by atoms with van der Waals surface area (Å²) in [6.07, 6.45) is 1.05. The van der Waals surface area contributed by atoms with Gasteiger partial charge in [0.1, 0.15) is 5.82 Å². The van der Waals surface area contributed by atoms with Crippen LogP contribution in [-0.4, -0.2) is 22.4 Å². The number of carbonyl (C=O) groups excluding carboxylic acids is 1. The first-order valence-electron chi connectivity index (χ1n) is 6.74. The molecular weight excluding hydrogens is 279 g/mol. The predicted molar refractivity (Wildman–Crippen MR) is 78.0 cm³/mol. The van der Waals surface area contributed by atoms with Crippen molar-refractivity contribution in [2.24, 2.45) is 5.73 Å². The maximum atomic E-state index is 13.7. The Labute approximate surface area is 123 Å². The topological polar surface area (TPSA) is 46.3 Å². The molecule has 2 unspecified atom stereocenters. The summed E-state index contributed by atoms with van der Waals surface area (Å²) < 4.78 is 13.7. The summed E-state index contributed by atoms with van der Waals surface area (Å²) in [5, 5.41) is 0.0757. The van der Waals surface area contributed by atoms with Gasteiger partial charge in [0.05, 0.1) is 11.1 Å². The molecule has 0 spiro atoms. The minimum Gasteiger partial charge on any atom is -0.329 e. The van der Waals surface area contributed by atoms with Crippen molar-refractivity contribution in [2.75, 3.05) is 0 Å². The van der Waals surface area contributed by atoms with Gasteiger partial charge in [-0.2, -0.15) is 0 Å². The maximum Gasteiger partial charge on any atom is 0.223 e. The standard InChI is InChI=1S/C15H20ClFN2O/c1-15(2,3)19-13(20)7-6-12(18)14(19)9-4-5-10(16)11(17)8-9/h4-5,8,12,14H,6-7,18H2,1-3H3. The van der Waals surface area contributed by atoms with Crippen LogP contribution in [0.3, 0.4) is 0 Å². The highest BCUT2D eigenvalue weighted by Gasteiger charge is 2.40. The fourth-order valence-corrected chi connectivity index (χ4v) is 2.92. The van der Waals surface area contributed by atoms with Gasteiger partial charge < -0.3 is 10.6 Å². The first kappa shape index (κ1) is 15.3. The Bertz CT molecular complexity index is 527. The highest BCUT2D eigenvalue weighted by Crippen LogP contribution is 2.37. The van der Waals surface area contributed by atoms with Crippen molar-refractivity contribution < 1.29 is 9.18 Å². The molecule has 20 heavy (non-hydrogen) atoms. The van der Waals surface area contributed by atoms with Crippen molar-refractivity contribution in [3.05, 3.63) is 34.6 Å². The van der Waals surface area contributed by atoms with Gasteiger partial charge in [0.25, 0.3) is 0 Å². The van der Waals surface area contributed by atoms with E-state index in [1.54, 1.807) is 11.0 Å². The molecule has 1 heterocycles. The van der Waals surface area contributed by atoms with Gasteiger partial charge >= 0.3 is 0 Å². The number of halogens is 2. The zero-order chi connectivity index (χ0) is 15.1. The van der Waals surface area contributed by atoms with Gasteiger partial charge in [0.15, 0.2) is 0 Å². The lowest BCUT2D eigenvalue weighted by Crippen LogP contribution is -2.56. The number of hydrogen-bond donors (Lipinski definition) is 1. The number of nitrogens with two attached hydrogens (primary N) is 1. The molecule has 1 aromatic carbocycles. The number of nitrogens with zero attached hydrogens (tertiary/aromatic N) is 1. The van der Waals surface area contributed by atoms with Gasteiger partial charge in [-0.3, -0.25) is 4.79 Å². The van der Waals surface area contributed by atoms with Crippen molar-refractivity contribution in [2.45, 2.75) is 51.2 Å². The van der Waals surface area contributed by atoms with Gasteiger partial charge in [-0.25, -0.2) is 4.39 Å². The van der Waals surface area contributed by atoms with Crippen LogP contribution in [0.25, 0.3) is 0 Å². The molecule has 110 valence electrons. The quantitative estimate of drug-likeness (QED) is 0.865. The van der Waals surface area contributed by atoms with Crippen molar-refractivity contribution in [1.82, 2.24) is 4.90 Å². The first-order valence-corrected chi connectivity index (χ1v) is 7.12. The summed E-state index contributed by atoms with van der Waals surface area (Å²) in [5.41, 5.74) is 6.53. The molecule has 2 atom stereocenters. The normalized spacial score (nSPS) is 24.1. The number of amides is 1. The zero-order valence-corrected chi connectivity index (χ0v) is 12.7. The number of piperidine rings is 1. The smallest absolute Gasteiger partial charge is 0.223 e. The molecule has 0 aliphatic carbocycles. The molecule has 0 saturated carbocycles. The monoisotopic (exact) mass is 298 g/mol. The molecular formula is C15H20ClFN2O. The molecule has 1 aliphatic rings. The van der Waals surface area contributed by atoms with E-state index in [4.69, 9.17) is 17.3 Å². The van der Waals surface area contributed by atoms with Crippen LogP contribution in [-0.2, 0) is 4.79 Å². The summed E-state index contributed by atoms with van der Waals surface area (Å²) in [6, 6.07) is 4.12. The Morgan fingerprint density at radius 1 is 1.40 bits per heavy atom. The van der Waals surface area contributed by atoms with Crippen LogP contribution in [0.4, 0.5) is 4.39 Å². The van der Waals surface area contributed by atoms with E-state index in [1.165, 1.54) is 12.1 Å². The zero-order valence-electron chi connectivity index (χ0n) is 12.0. The molecule has 1 aromatic rings. The van der Waals surface area contributed by atoms with Gasteiger partial charge in [0, 0.05) is 18.0 Å². The van der Waals surface area contributed by atoms with Crippen LogP contribution < -0.4 is 5.73 Å². The summed E-state index contributed by atoms with van der Waals surface area (Å²) in [7, 11) is 0. The Balaban J connectivity index is 2.47. The third kappa shape index (κ3) is 2.81. The van der Waals surface area contributed by atoms with Crippen molar-refractivity contribution in [3.63, 3.8) is 0 Å². The molecule has 2 N–H and O–H groups in total. The highest BCUT2D eigenvalue weighted by atomic mass is 35.5. The van der Waals surface area contributed by atoms with E-state index in [-0.39, 0.29) is 28.6 Å². The van der Waals surface area contributed by atoms with E-state index >= 15 is 0 Å². The molecule has 2 rings (SSSR count). The van der Waals surface area contributed by atoms with Crippen LogP contribution in [0.1, 0.15) is 45.2 Å². The minimum atomic E-state index is -0.483. The van der Waals surface area contributed by atoms with Crippen molar-refractivity contribution in [3.8, 4) is 0 Å². The lowest BCUT2D eigenvalue weighted by Gasteiger charge is -2.47. The van der Waals surface area contributed by atoms with Gasteiger partial charge in [-0.15, -0.1) is 0 Å². The second-order valence-corrected chi connectivity index (χ2v) is 6.66. The maximum absolute atomic E-state index is 13.7. The lowest BCUT2D eigenvalue weighted by molar-refractivity contribution is -0.144. The summed E-state index contributed by atoms with van der Waals surface area (Å²) in [4.78, 5) is 14.0. The van der Waals surface area contributed by atoms with Crippen molar-refractivity contribution >= 4 is 17.5 Å². The van der Waals surface area contributed by atoms with Crippen LogP contribution in [0.15, 0.2) is 18.2 Å². The van der Waals surface area contributed by atoms with Crippen LogP contribution in [0.2, 0.25) is 5.02 Å². The fourth-order valence-electron chi connectivity index (χ4n) is 2.80. The van der Waals surface area contributed by atoms with E-state index in [0.29, 0.717) is 18.4 Å². The van der Waals surface area contributed by atoms with Gasteiger partial charge in [0.2, 0.25) is 5.91 Å². The number of likely N-dealkylation sites (tertiary alicyclic amines) is 1. The van der Waals surface area contributed by atoms with Gasteiger partial charge in [-0.1, -0.05) is 17.7 Å². The predicted octanol–water partition coefficient (Wildman–Crippen LogP) is 3.27. The number of benzene rings is 1. The Morgan fingerprint density at radius 2 is 2.05 bits per heavy atom. The SMILES string of the molecule is CC(C)(C)N1C(=O)CCC(N)C1c1ccc(Cl)c(F)c1. The van der Waals surface area contributed by atoms with E-state index in [2.05, 4.69) is 0 Å². The van der Waals surface area contributed by atoms with Crippen molar-refractivity contribution in [1.29, 1.82) is 0 Å². The Morgan fingerprint density at radius 3 is 2.60 bits per heavy atom. The van der Waals surface area contributed by atoms with E-state index in [9.17, 15) is 9.18 Å². The second kappa shape index (κ2) is 5.34. The number of rotatable bonds is 1. The molecule has 0 aromatic heterocycles. The summed E-state index contributed by atoms with van der Waals surface area (Å²) in [6.45, 7) is 5.88. The Hall–Kier alpha value is -1.13.